The van der Waals surface area contributed by atoms with E-state index in [4.69, 9.17) is 11.6 Å². The molecular weight excluding hydrogens is 479 g/mol. The lowest BCUT2D eigenvalue weighted by Gasteiger charge is -2.36. The Morgan fingerprint density at radius 2 is 1.77 bits per heavy atom. The average Bonchev–Trinajstić information content (AvgIpc) is 3.17. The van der Waals surface area contributed by atoms with Crippen LogP contribution in [-0.2, 0) is 12.6 Å². The molecule has 0 radical (unpaired) electrons. The second-order valence-electron chi connectivity index (χ2n) is 9.39. The first-order chi connectivity index (χ1) is 16.6. The molecule has 1 atom stereocenters. The third kappa shape index (κ3) is 4.69. The number of nitrogens with one attached hydrogen (secondary N) is 1. The highest BCUT2D eigenvalue weighted by Crippen LogP contribution is 2.39. The number of alkyl halides is 3. The van der Waals surface area contributed by atoms with Gasteiger partial charge < -0.3 is 19.7 Å². The van der Waals surface area contributed by atoms with Crippen LogP contribution in [0, 0.1) is 0 Å². The summed E-state index contributed by atoms with van der Waals surface area (Å²) in [6.45, 7) is 6.97. The molecule has 0 amide bonds. The molecule has 186 valence electrons. The van der Waals surface area contributed by atoms with E-state index in [-0.39, 0.29) is 17.9 Å². The van der Waals surface area contributed by atoms with Crippen LogP contribution in [0.25, 0.3) is 10.9 Å². The Morgan fingerprint density at radius 1 is 1.06 bits per heavy atom. The number of aromatic amines is 1. The molecule has 2 aliphatic heterocycles. The predicted molar refractivity (Wildman–Crippen MR) is 131 cm³/mol. The Morgan fingerprint density at radius 3 is 2.46 bits per heavy atom. The normalized spacial score (nSPS) is 19.2. The fourth-order valence-electron chi connectivity index (χ4n) is 4.76. The van der Waals surface area contributed by atoms with Crippen LogP contribution in [0.15, 0.2) is 29.8 Å². The summed E-state index contributed by atoms with van der Waals surface area (Å²) in [6.07, 6.45) is -2.02. The van der Waals surface area contributed by atoms with Crippen molar-refractivity contribution in [2.45, 2.75) is 32.5 Å². The van der Waals surface area contributed by atoms with Gasteiger partial charge in [-0.1, -0.05) is 23.3 Å². The topological polar surface area (TPSA) is 64.2 Å². The van der Waals surface area contributed by atoms with E-state index in [9.17, 15) is 13.2 Å². The van der Waals surface area contributed by atoms with Gasteiger partial charge in [0.15, 0.2) is 0 Å². The lowest BCUT2D eigenvalue weighted by Crippen LogP contribution is -2.45. The number of benzene rings is 1. The Kier molecular flexibility index (Phi) is 6.13. The number of halogens is 4. The van der Waals surface area contributed by atoms with Crippen molar-refractivity contribution < 1.29 is 13.2 Å². The van der Waals surface area contributed by atoms with Crippen LogP contribution in [0.4, 0.5) is 25.1 Å². The summed E-state index contributed by atoms with van der Waals surface area (Å²) >= 11 is 6.25. The lowest BCUT2D eigenvalue weighted by molar-refractivity contribution is -0.145. The van der Waals surface area contributed by atoms with Gasteiger partial charge in [-0.3, -0.25) is 0 Å². The van der Waals surface area contributed by atoms with Gasteiger partial charge in [0.2, 0.25) is 17.7 Å². The number of aromatic nitrogens is 4. The van der Waals surface area contributed by atoms with Crippen LogP contribution in [-0.4, -0.2) is 64.6 Å². The van der Waals surface area contributed by atoms with E-state index in [1.54, 1.807) is 4.90 Å². The first kappa shape index (κ1) is 23.9. The highest BCUT2D eigenvalue weighted by atomic mass is 35.5. The van der Waals surface area contributed by atoms with Gasteiger partial charge in [0.25, 0.3) is 0 Å². The zero-order valence-corrected chi connectivity index (χ0v) is 20.6. The number of nitrogens with zero attached hydrogens (tertiary/aromatic N) is 6. The molecular formula is C24H27ClF3N7. The molecule has 1 aromatic carbocycles. The molecule has 2 aliphatic rings. The van der Waals surface area contributed by atoms with Gasteiger partial charge in [-0.25, -0.2) is 0 Å². The second-order valence-corrected chi connectivity index (χ2v) is 9.82. The first-order valence-electron chi connectivity index (χ1n) is 11.6. The molecule has 1 fully saturated rings. The number of hydrogen-bond acceptors (Lipinski definition) is 6. The molecule has 0 saturated carbocycles. The summed E-state index contributed by atoms with van der Waals surface area (Å²) in [5.74, 6) is -1.06. The molecule has 4 heterocycles. The number of rotatable bonds is 3. The number of fused-ring (bicyclic) bond motifs is 3. The Labute approximate surface area is 206 Å². The van der Waals surface area contributed by atoms with Crippen molar-refractivity contribution in [3.05, 3.63) is 52.0 Å². The maximum Gasteiger partial charge on any atom is 0.451 e. The van der Waals surface area contributed by atoms with Gasteiger partial charge in [-0.15, -0.1) is 0 Å². The van der Waals surface area contributed by atoms with Crippen molar-refractivity contribution in [3.63, 3.8) is 0 Å². The summed E-state index contributed by atoms with van der Waals surface area (Å²) in [7, 11) is 1.99. The number of piperazine rings is 1. The van der Waals surface area contributed by atoms with Crippen molar-refractivity contribution in [3.8, 4) is 0 Å². The molecule has 5 rings (SSSR count). The highest BCUT2D eigenvalue weighted by Gasteiger charge is 2.39. The zero-order valence-electron chi connectivity index (χ0n) is 19.8. The highest BCUT2D eigenvalue weighted by molar-refractivity contribution is 6.31. The summed E-state index contributed by atoms with van der Waals surface area (Å²) in [5.41, 5.74) is 4.02. The van der Waals surface area contributed by atoms with Gasteiger partial charge in [0, 0.05) is 54.3 Å². The van der Waals surface area contributed by atoms with Crippen LogP contribution >= 0.6 is 11.6 Å². The van der Waals surface area contributed by atoms with Crippen molar-refractivity contribution in [2.24, 2.45) is 0 Å². The minimum absolute atomic E-state index is 0.0334. The van der Waals surface area contributed by atoms with Gasteiger partial charge in [0.05, 0.1) is 6.04 Å². The first-order valence-corrected chi connectivity index (χ1v) is 12.0. The molecule has 0 aliphatic carbocycles. The standard InChI is InChI=1S/C24H27ClF3N7/c1-14(2)12-19-20-16(17-13-15(25)4-5-18(17)29-20)6-7-35(19)23-31-21(24(26,27)28)30-22(32-23)34-10-8-33(3)9-11-34/h4-5,12-13,19,29H,6-11H2,1-3H3/t19-/m0/s1. The maximum absolute atomic E-state index is 13.8. The van der Waals surface area contributed by atoms with Crippen molar-refractivity contribution in [1.82, 2.24) is 24.8 Å². The molecule has 3 aromatic rings. The second kappa shape index (κ2) is 8.98. The minimum Gasteiger partial charge on any atom is -0.356 e. The number of anilines is 2. The van der Waals surface area contributed by atoms with Crippen LogP contribution < -0.4 is 9.80 Å². The van der Waals surface area contributed by atoms with Gasteiger partial charge in [-0.2, -0.15) is 28.1 Å². The molecule has 0 spiro atoms. The van der Waals surface area contributed by atoms with E-state index in [2.05, 4.69) is 24.8 Å². The molecule has 11 heteroatoms. The van der Waals surface area contributed by atoms with Crippen molar-refractivity contribution in [1.29, 1.82) is 0 Å². The van der Waals surface area contributed by atoms with E-state index in [0.717, 1.165) is 40.8 Å². The predicted octanol–water partition coefficient (Wildman–Crippen LogP) is 4.85. The smallest absolute Gasteiger partial charge is 0.356 e. The van der Waals surface area contributed by atoms with Crippen LogP contribution in [0.3, 0.4) is 0 Å². The summed E-state index contributed by atoms with van der Waals surface area (Å²) in [4.78, 5) is 21.5. The van der Waals surface area contributed by atoms with Crippen LogP contribution in [0.1, 0.15) is 37.0 Å². The summed E-state index contributed by atoms with van der Waals surface area (Å²) < 4.78 is 41.5. The number of allylic oxidation sites excluding steroid dienone is 1. The largest absolute Gasteiger partial charge is 0.451 e. The molecule has 0 unspecified atom stereocenters. The Bertz CT molecular complexity index is 1270. The van der Waals surface area contributed by atoms with E-state index >= 15 is 0 Å². The molecule has 1 saturated heterocycles. The summed E-state index contributed by atoms with van der Waals surface area (Å²) in [6, 6.07) is 5.33. The molecule has 1 N–H and O–H groups in total. The van der Waals surface area contributed by atoms with Gasteiger partial charge >= 0.3 is 6.18 Å². The molecule has 0 bridgehead atoms. The summed E-state index contributed by atoms with van der Waals surface area (Å²) in [5, 5.41) is 1.67. The van der Waals surface area contributed by atoms with E-state index in [1.807, 2.05) is 50.1 Å². The quantitative estimate of drug-likeness (QED) is 0.514. The van der Waals surface area contributed by atoms with Crippen molar-refractivity contribution >= 4 is 34.4 Å². The number of hydrogen-bond donors (Lipinski definition) is 1. The third-order valence-electron chi connectivity index (χ3n) is 6.54. The number of likely N-dealkylation sites (N-methyl/N-ethyl adjacent to an activating group) is 1. The Hall–Kier alpha value is -2.85. The zero-order chi connectivity index (χ0) is 24.9. The minimum atomic E-state index is -4.68. The van der Waals surface area contributed by atoms with E-state index in [0.29, 0.717) is 31.1 Å². The fourth-order valence-corrected chi connectivity index (χ4v) is 4.93. The van der Waals surface area contributed by atoms with Crippen LogP contribution in [0.5, 0.6) is 0 Å². The van der Waals surface area contributed by atoms with Crippen LogP contribution in [0.2, 0.25) is 5.02 Å². The monoisotopic (exact) mass is 505 g/mol. The Balaban J connectivity index is 1.61. The average molecular weight is 506 g/mol. The lowest BCUT2D eigenvalue weighted by atomic mass is 9.96. The van der Waals surface area contributed by atoms with Gasteiger partial charge in [0.1, 0.15) is 0 Å². The fraction of sp³-hybridized carbons (Fsp3) is 0.458. The third-order valence-corrected chi connectivity index (χ3v) is 6.77. The molecule has 2 aromatic heterocycles. The van der Waals surface area contributed by atoms with Gasteiger partial charge in [-0.05, 0) is 51.1 Å². The SMILES string of the molecule is CC(C)=C[C@H]1c2[nH]c3ccc(Cl)cc3c2CCN1c1nc(N2CCN(C)CC2)nc(C(F)(F)F)n1. The number of H-pyrrole nitrogens is 1. The van der Waals surface area contributed by atoms with Crippen molar-refractivity contribution in [2.75, 3.05) is 49.6 Å². The van der Waals surface area contributed by atoms with E-state index < -0.39 is 12.0 Å². The van der Waals surface area contributed by atoms with E-state index in [1.165, 1.54) is 0 Å². The maximum atomic E-state index is 13.8. The molecule has 7 nitrogen and oxygen atoms in total. The molecule has 35 heavy (non-hydrogen) atoms.